The first kappa shape index (κ1) is 15.3. The number of nitrogens with one attached hydrogen (secondary N) is 1. The van der Waals surface area contributed by atoms with Crippen LogP contribution in [0.15, 0.2) is 24.3 Å². The molecule has 19 heavy (non-hydrogen) atoms. The van der Waals surface area contributed by atoms with Crippen molar-refractivity contribution in [3.63, 3.8) is 0 Å². The predicted molar refractivity (Wildman–Crippen MR) is 72.1 cm³/mol. The van der Waals surface area contributed by atoms with Crippen LogP contribution in [0, 0.1) is 0 Å². The second-order valence-corrected chi connectivity index (χ2v) is 5.40. The number of aliphatic hydroxyl groups is 1. The second kappa shape index (κ2) is 6.43. The number of alkyl carbamates (subject to hydrolysis) is 1. The maximum atomic E-state index is 11.6. The number of amides is 1. The summed E-state index contributed by atoms with van der Waals surface area (Å²) < 4.78 is 5.12. The van der Waals surface area contributed by atoms with E-state index in [2.05, 4.69) is 5.32 Å². The van der Waals surface area contributed by atoms with Crippen molar-refractivity contribution in [1.82, 2.24) is 5.32 Å². The number of ether oxygens (including phenoxy) is 1. The Bertz CT molecular complexity index is 426. The molecule has 106 valence electrons. The quantitative estimate of drug-likeness (QED) is 0.777. The summed E-state index contributed by atoms with van der Waals surface area (Å²) in [6.45, 7) is 5.12. The Kier molecular flexibility index (Phi) is 5.18. The smallest absolute Gasteiger partial charge is 0.407 e. The van der Waals surface area contributed by atoms with Crippen LogP contribution in [-0.2, 0) is 11.2 Å². The number of hydrogen-bond acceptors (Lipinski definition) is 4. The normalized spacial score (nSPS) is 12.8. The Balaban J connectivity index is 2.57. The third-order valence-corrected chi connectivity index (χ3v) is 2.33. The standard InChI is InChI=1S/C14H21NO4/c1-14(2,3)19-13(18)15-11(9-16)7-10-5-4-6-12(17)8-10/h4-6,8,11,16-17H,7,9H2,1-3H3,(H,15,18)/t11-/m0/s1. The van der Waals surface area contributed by atoms with Gasteiger partial charge in [-0.25, -0.2) is 4.79 Å². The molecule has 0 aliphatic carbocycles. The van der Waals surface area contributed by atoms with E-state index in [1.54, 1.807) is 39.0 Å². The summed E-state index contributed by atoms with van der Waals surface area (Å²) in [5, 5.41) is 21.2. The molecule has 1 amide bonds. The Hall–Kier alpha value is -1.75. The van der Waals surface area contributed by atoms with E-state index in [9.17, 15) is 15.0 Å². The molecule has 0 spiro atoms. The minimum Gasteiger partial charge on any atom is -0.508 e. The van der Waals surface area contributed by atoms with Crippen molar-refractivity contribution < 1.29 is 19.7 Å². The van der Waals surface area contributed by atoms with Gasteiger partial charge in [0.25, 0.3) is 0 Å². The fraction of sp³-hybridized carbons (Fsp3) is 0.500. The predicted octanol–water partition coefficient (Wildman–Crippen LogP) is 1.82. The molecule has 1 aromatic carbocycles. The molecule has 0 unspecified atom stereocenters. The number of aliphatic hydroxyl groups excluding tert-OH is 1. The van der Waals surface area contributed by atoms with Gasteiger partial charge >= 0.3 is 6.09 Å². The molecular weight excluding hydrogens is 246 g/mol. The summed E-state index contributed by atoms with van der Waals surface area (Å²) in [5.41, 5.74) is 0.255. The van der Waals surface area contributed by atoms with Crippen LogP contribution in [0.3, 0.4) is 0 Å². The summed E-state index contributed by atoms with van der Waals surface area (Å²) in [6.07, 6.45) is -0.142. The van der Waals surface area contributed by atoms with Gasteiger partial charge in [-0.1, -0.05) is 12.1 Å². The highest BCUT2D eigenvalue weighted by atomic mass is 16.6. The van der Waals surface area contributed by atoms with E-state index in [4.69, 9.17) is 4.74 Å². The highest BCUT2D eigenvalue weighted by Gasteiger charge is 2.19. The third-order valence-electron chi connectivity index (χ3n) is 2.33. The molecule has 0 saturated heterocycles. The Morgan fingerprint density at radius 3 is 2.63 bits per heavy atom. The maximum Gasteiger partial charge on any atom is 0.407 e. The molecule has 0 fully saturated rings. The zero-order valence-corrected chi connectivity index (χ0v) is 11.5. The Morgan fingerprint density at radius 2 is 2.11 bits per heavy atom. The molecule has 0 bridgehead atoms. The van der Waals surface area contributed by atoms with Gasteiger partial charge in [0, 0.05) is 0 Å². The van der Waals surface area contributed by atoms with Crippen LogP contribution < -0.4 is 5.32 Å². The zero-order valence-electron chi connectivity index (χ0n) is 11.5. The number of carbonyl (C=O) groups is 1. The number of benzene rings is 1. The van der Waals surface area contributed by atoms with Crippen LogP contribution in [0.1, 0.15) is 26.3 Å². The average Bonchev–Trinajstić information content (AvgIpc) is 2.25. The Morgan fingerprint density at radius 1 is 1.42 bits per heavy atom. The van der Waals surface area contributed by atoms with Crippen molar-refractivity contribution in [3.8, 4) is 5.75 Å². The zero-order chi connectivity index (χ0) is 14.5. The molecule has 1 atom stereocenters. The minimum atomic E-state index is -0.574. The van der Waals surface area contributed by atoms with Crippen LogP contribution in [-0.4, -0.2) is 34.6 Å². The number of rotatable bonds is 4. The van der Waals surface area contributed by atoms with Crippen LogP contribution in [0.5, 0.6) is 5.75 Å². The van der Waals surface area contributed by atoms with Crippen molar-refractivity contribution in [2.24, 2.45) is 0 Å². The first-order valence-electron chi connectivity index (χ1n) is 6.18. The van der Waals surface area contributed by atoms with Crippen molar-refractivity contribution in [3.05, 3.63) is 29.8 Å². The fourth-order valence-electron chi connectivity index (χ4n) is 1.60. The van der Waals surface area contributed by atoms with Gasteiger partial charge in [-0.3, -0.25) is 0 Å². The molecule has 5 nitrogen and oxygen atoms in total. The van der Waals surface area contributed by atoms with Gasteiger partial charge in [0.05, 0.1) is 12.6 Å². The lowest BCUT2D eigenvalue weighted by Gasteiger charge is -2.22. The minimum absolute atomic E-state index is 0.159. The van der Waals surface area contributed by atoms with Crippen molar-refractivity contribution in [2.75, 3.05) is 6.61 Å². The van der Waals surface area contributed by atoms with Crippen LogP contribution in [0.2, 0.25) is 0 Å². The van der Waals surface area contributed by atoms with Gasteiger partial charge in [0.15, 0.2) is 0 Å². The number of hydrogen-bond donors (Lipinski definition) is 3. The topological polar surface area (TPSA) is 78.8 Å². The summed E-state index contributed by atoms with van der Waals surface area (Å²) >= 11 is 0. The van der Waals surface area contributed by atoms with Crippen LogP contribution >= 0.6 is 0 Å². The lowest BCUT2D eigenvalue weighted by molar-refractivity contribution is 0.0483. The summed E-state index contributed by atoms with van der Waals surface area (Å²) in [6, 6.07) is 6.25. The molecule has 3 N–H and O–H groups in total. The monoisotopic (exact) mass is 267 g/mol. The fourth-order valence-corrected chi connectivity index (χ4v) is 1.60. The first-order valence-corrected chi connectivity index (χ1v) is 6.18. The van der Waals surface area contributed by atoms with E-state index in [1.165, 1.54) is 0 Å². The molecule has 0 radical (unpaired) electrons. The molecule has 0 aromatic heterocycles. The second-order valence-electron chi connectivity index (χ2n) is 5.40. The average molecular weight is 267 g/mol. The number of phenolic OH excluding ortho intramolecular Hbond substituents is 1. The molecular formula is C14H21NO4. The lowest BCUT2D eigenvalue weighted by atomic mass is 10.1. The third kappa shape index (κ3) is 6.10. The summed E-state index contributed by atoms with van der Waals surface area (Å²) in [5.74, 6) is 0.159. The lowest BCUT2D eigenvalue weighted by Crippen LogP contribution is -2.42. The van der Waals surface area contributed by atoms with Crippen LogP contribution in [0.4, 0.5) is 4.79 Å². The molecule has 0 saturated carbocycles. The number of carbonyl (C=O) groups excluding carboxylic acids is 1. The maximum absolute atomic E-state index is 11.6. The number of phenols is 1. The first-order chi connectivity index (χ1) is 8.80. The largest absolute Gasteiger partial charge is 0.508 e. The van der Waals surface area contributed by atoms with Gasteiger partial charge in [-0.15, -0.1) is 0 Å². The van der Waals surface area contributed by atoms with Crippen molar-refractivity contribution >= 4 is 6.09 Å². The van der Waals surface area contributed by atoms with E-state index in [-0.39, 0.29) is 12.4 Å². The molecule has 0 aliphatic rings. The van der Waals surface area contributed by atoms with Gasteiger partial charge < -0.3 is 20.3 Å². The van der Waals surface area contributed by atoms with Crippen molar-refractivity contribution in [1.29, 1.82) is 0 Å². The number of aromatic hydroxyl groups is 1. The Labute approximate surface area is 113 Å². The molecule has 0 heterocycles. The van der Waals surface area contributed by atoms with E-state index < -0.39 is 17.7 Å². The van der Waals surface area contributed by atoms with Gasteiger partial charge in [-0.05, 0) is 44.9 Å². The summed E-state index contributed by atoms with van der Waals surface area (Å²) in [4.78, 5) is 11.6. The highest BCUT2D eigenvalue weighted by Crippen LogP contribution is 2.13. The van der Waals surface area contributed by atoms with E-state index >= 15 is 0 Å². The molecule has 5 heteroatoms. The molecule has 0 aliphatic heterocycles. The van der Waals surface area contributed by atoms with Gasteiger partial charge in [-0.2, -0.15) is 0 Å². The highest BCUT2D eigenvalue weighted by molar-refractivity contribution is 5.68. The SMILES string of the molecule is CC(C)(C)OC(=O)N[C@H](CO)Cc1cccc(O)c1. The van der Waals surface area contributed by atoms with Gasteiger partial charge in [0.1, 0.15) is 11.4 Å². The van der Waals surface area contributed by atoms with E-state index in [0.29, 0.717) is 6.42 Å². The van der Waals surface area contributed by atoms with Crippen LogP contribution in [0.25, 0.3) is 0 Å². The van der Waals surface area contributed by atoms with E-state index in [1.807, 2.05) is 6.07 Å². The van der Waals surface area contributed by atoms with E-state index in [0.717, 1.165) is 5.56 Å². The molecule has 1 aromatic rings. The summed E-state index contributed by atoms with van der Waals surface area (Å²) in [7, 11) is 0. The van der Waals surface area contributed by atoms with Crippen molar-refractivity contribution in [2.45, 2.75) is 38.8 Å². The molecule has 1 rings (SSSR count). The van der Waals surface area contributed by atoms with Gasteiger partial charge in [0.2, 0.25) is 0 Å².